The number of sulfonamides is 1. The number of anilines is 1. The second-order valence-corrected chi connectivity index (χ2v) is 9.22. The predicted octanol–water partition coefficient (Wildman–Crippen LogP) is 1.11. The van der Waals surface area contributed by atoms with E-state index in [-0.39, 0.29) is 10.8 Å². The number of aromatic nitrogens is 4. The minimum atomic E-state index is -3.45. The molecule has 1 saturated heterocycles. The van der Waals surface area contributed by atoms with Crippen LogP contribution in [0.2, 0.25) is 0 Å². The summed E-state index contributed by atoms with van der Waals surface area (Å²) < 4.78 is 28.0. The van der Waals surface area contributed by atoms with E-state index in [2.05, 4.69) is 20.8 Å². The maximum absolute atomic E-state index is 12.5. The fraction of sp³-hybridized carbons (Fsp3) is 0.467. The Morgan fingerprint density at radius 3 is 2.46 bits per heavy atom. The number of hydrogen-bond acceptors (Lipinski definition) is 7. The maximum atomic E-state index is 12.5. The van der Waals surface area contributed by atoms with Crippen LogP contribution in [0, 0.1) is 0 Å². The standard InChI is InChI=1S/C15H20N6O3S2/c1-11(25-15-17-18-19-20(15)2)14(22)16-12-5-7-13(8-6-12)26(23,24)21-9-3-4-10-21/h5-8,11H,3-4,9-10H2,1-2H3,(H,16,22). The largest absolute Gasteiger partial charge is 0.325 e. The van der Waals surface area contributed by atoms with Gasteiger partial charge in [-0.15, -0.1) is 5.10 Å². The zero-order chi connectivity index (χ0) is 18.7. The Balaban J connectivity index is 1.63. The number of tetrazole rings is 1. The molecule has 26 heavy (non-hydrogen) atoms. The highest BCUT2D eigenvalue weighted by atomic mass is 32.2. The van der Waals surface area contributed by atoms with Crippen LogP contribution in [-0.2, 0) is 21.9 Å². The lowest BCUT2D eigenvalue weighted by Gasteiger charge is -2.16. The van der Waals surface area contributed by atoms with E-state index >= 15 is 0 Å². The molecule has 3 rings (SSSR count). The molecule has 0 bridgehead atoms. The molecule has 1 amide bonds. The first kappa shape index (κ1) is 18.8. The van der Waals surface area contributed by atoms with Crippen molar-refractivity contribution in [1.29, 1.82) is 0 Å². The van der Waals surface area contributed by atoms with Crippen LogP contribution in [0.15, 0.2) is 34.3 Å². The lowest BCUT2D eigenvalue weighted by atomic mass is 10.3. The molecule has 1 atom stereocenters. The number of thioether (sulfide) groups is 1. The van der Waals surface area contributed by atoms with Crippen LogP contribution in [0.4, 0.5) is 5.69 Å². The molecule has 11 heteroatoms. The van der Waals surface area contributed by atoms with Gasteiger partial charge in [0.25, 0.3) is 0 Å². The first-order valence-corrected chi connectivity index (χ1v) is 10.5. The van der Waals surface area contributed by atoms with Crippen LogP contribution in [0.1, 0.15) is 19.8 Å². The third-order valence-corrected chi connectivity index (χ3v) is 7.09. The SMILES string of the molecule is CC(Sc1nnnn1C)C(=O)Nc1ccc(S(=O)(=O)N2CCCC2)cc1. The van der Waals surface area contributed by atoms with Gasteiger partial charge in [-0.3, -0.25) is 4.79 Å². The van der Waals surface area contributed by atoms with E-state index in [4.69, 9.17) is 0 Å². The number of rotatable bonds is 6. The predicted molar refractivity (Wildman–Crippen MR) is 97.2 cm³/mol. The summed E-state index contributed by atoms with van der Waals surface area (Å²) in [6.45, 7) is 2.87. The zero-order valence-electron chi connectivity index (χ0n) is 14.5. The van der Waals surface area contributed by atoms with Gasteiger partial charge in [0.2, 0.25) is 21.1 Å². The average molecular weight is 396 g/mol. The Bertz CT molecular complexity index is 875. The third kappa shape index (κ3) is 4.05. The molecule has 0 spiro atoms. The van der Waals surface area contributed by atoms with Gasteiger partial charge in [-0.1, -0.05) is 11.8 Å². The molecule has 0 aliphatic carbocycles. The number of nitrogens with one attached hydrogen (secondary N) is 1. The molecule has 1 aromatic carbocycles. The quantitative estimate of drug-likeness (QED) is 0.728. The van der Waals surface area contributed by atoms with E-state index in [1.54, 1.807) is 26.1 Å². The van der Waals surface area contributed by atoms with Gasteiger partial charge in [-0.2, -0.15) is 4.31 Å². The second kappa shape index (κ2) is 7.72. The van der Waals surface area contributed by atoms with Crippen LogP contribution in [0.3, 0.4) is 0 Å². The van der Waals surface area contributed by atoms with Gasteiger partial charge in [0.05, 0.1) is 10.1 Å². The fourth-order valence-electron chi connectivity index (χ4n) is 2.56. The molecule has 2 aromatic rings. The maximum Gasteiger partial charge on any atom is 0.243 e. The molecule has 1 aromatic heterocycles. The second-order valence-electron chi connectivity index (χ2n) is 5.97. The Hall–Kier alpha value is -1.98. The summed E-state index contributed by atoms with van der Waals surface area (Å²) >= 11 is 1.24. The van der Waals surface area contributed by atoms with Crippen molar-refractivity contribution in [2.75, 3.05) is 18.4 Å². The third-order valence-electron chi connectivity index (χ3n) is 4.06. The Morgan fingerprint density at radius 2 is 1.88 bits per heavy atom. The zero-order valence-corrected chi connectivity index (χ0v) is 16.1. The smallest absolute Gasteiger partial charge is 0.243 e. The van der Waals surface area contributed by atoms with Crippen molar-refractivity contribution in [2.45, 2.75) is 35.1 Å². The van der Waals surface area contributed by atoms with Crippen molar-refractivity contribution in [2.24, 2.45) is 7.05 Å². The van der Waals surface area contributed by atoms with Crippen LogP contribution in [-0.4, -0.2) is 57.2 Å². The molecule has 1 aliphatic rings. The minimum Gasteiger partial charge on any atom is -0.325 e. The molecular formula is C15H20N6O3S2. The van der Waals surface area contributed by atoms with Gasteiger partial charge >= 0.3 is 0 Å². The first-order valence-electron chi connectivity index (χ1n) is 8.18. The highest BCUT2D eigenvalue weighted by molar-refractivity contribution is 8.00. The summed E-state index contributed by atoms with van der Waals surface area (Å²) in [5, 5.41) is 14.0. The molecule has 9 nitrogen and oxygen atoms in total. The molecule has 2 heterocycles. The van der Waals surface area contributed by atoms with E-state index in [0.29, 0.717) is 23.9 Å². The van der Waals surface area contributed by atoms with Gasteiger partial charge in [-0.05, 0) is 54.5 Å². The molecule has 1 N–H and O–H groups in total. The van der Waals surface area contributed by atoms with Crippen molar-refractivity contribution in [1.82, 2.24) is 24.5 Å². The monoisotopic (exact) mass is 396 g/mol. The number of aryl methyl sites for hydroxylation is 1. The molecule has 140 valence electrons. The van der Waals surface area contributed by atoms with Gasteiger partial charge < -0.3 is 5.32 Å². The molecule has 1 aliphatic heterocycles. The first-order chi connectivity index (χ1) is 12.4. The van der Waals surface area contributed by atoms with Crippen LogP contribution in [0.25, 0.3) is 0 Å². The summed E-state index contributed by atoms with van der Waals surface area (Å²) in [6, 6.07) is 6.24. The fourth-order valence-corrected chi connectivity index (χ4v) is 4.84. The Labute approximate surface area is 156 Å². The minimum absolute atomic E-state index is 0.215. The van der Waals surface area contributed by atoms with Gasteiger partial charge in [0.15, 0.2) is 0 Å². The Kier molecular flexibility index (Phi) is 5.58. The summed E-state index contributed by atoms with van der Waals surface area (Å²) in [5.74, 6) is -0.215. The summed E-state index contributed by atoms with van der Waals surface area (Å²) in [7, 11) is -1.75. The van der Waals surface area contributed by atoms with Gasteiger partial charge in [0.1, 0.15) is 0 Å². The van der Waals surface area contributed by atoms with E-state index in [1.165, 1.54) is 32.9 Å². The Morgan fingerprint density at radius 1 is 1.23 bits per heavy atom. The van der Waals surface area contributed by atoms with Crippen molar-refractivity contribution < 1.29 is 13.2 Å². The van der Waals surface area contributed by atoms with Crippen LogP contribution in [0.5, 0.6) is 0 Å². The summed E-state index contributed by atoms with van der Waals surface area (Å²) in [5.41, 5.74) is 0.541. The van der Waals surface area contributed by atoms with Crippen LogP contribution >= 0.6 is 11.8 Å². The number of nitrogens with zero attached hydrogens (tertiary/aromatic N) is 5. The summed E-state index contributed by atoms with van der Waals surface area (Å²) in [6.07, 6.45) is 1.79. The van der Waals surface area contributed by atoms with Crippen LogP contribution < -0.4 is 5.32 Å². The molecule has 1 fully saturated rings. The van der Waals surface area contributed by atoms with E-state index in [0.717, 1.165) is 12.8 Å². The summed E-state index contributed by atoms with van der Waals surface area (Å²) in [4.78, 5) is 12.5. The molecule has 0 saturated carbocycles. The average Bonchev–Trinajstić information content (AvgIpc) is 3.28. The molecule has 1 unspecified atom stereocenters. The van der Waals surface area contributed by atoms with Gasteiger partial charge in [0, 0.05) is 25.8 Å². The van der Waals surface area contributed by atoms with Crippen molar-refractivity contribution >= 4 is 33.4 Å². The van der Waals surface area contributed by atoms with E-state index in [9.17, 15) is 13.2 Å². The van der Waals surface area contributed by atoms with Crippen molar-refractivity contribution in [3.05, 3.63) is 24.3 Å². The van der Waals surface area contributed by atoms with Crippen molar-refractivity contribution in [3.8, 4) is 0 Å². The normalized spacial score (nSPS) is 16.5. The topological polar surface area (TPSA) is 110 Å². The number of hydrogen-bond donors (Lipinski definition) is 1. The lowest BCUT2D eigenvalue weighted by Crippen LogP contribution is -2.27. The number of benzene rings is 1. The van der Waals surface area contributed by atoms with Crippen molar-refractivity contribution in [3.63, 3.8) is 0 Å². The van der Waals surface area contributed by atoms with E-state index < -0.39 is 15.3 Å². The highest BCUT2D eigenvalue weighted by Gasteiger charge is 2.27. The number of carbonyl (C=O) groups excluding carboxylic acids is 1. The molecule has 0 radical (unpaired) electrons. The number of amides is 1. The van der Waals surface area contributed by atoms with Gasteiger partial charge in [-0.25, -0.2) is 13.1 Å². The lowest BCUT2D eigenvalue weighted by molar-refractivity contribution is -0.115. The molecular weight excluding hydrogens is 376 g/mol. The number of carbonyl (C=O) groups is 1. The van der Waals surface area contributed by atoms with E-state index in [1.807, 2.05) is 0 Å². The highest BCUT2D eigenvalue weighted by Crippen LogP contribution is 2.24.